The predicted octanol–water partition coefficient (Wildman–Crippen LogP) is 5.20. The first kappa shape index (κ1) is 28.2. The van der Waals surface area contributed by atoms with Crippen molar-refractivity contribution in [3.8, 4) is 0 Å². The van der Waals surface area contributed by atoms with E-state index in [9.17, 15) is 31.3 Å². The normalized spacial score (nSPS) is 14.6. The SMILES string of the molecule is CN1CCC(CC(=O)N(Cc2ccc(F)cc2)Cc2ccc(F)cc2)CC1.O=C(OF)C(F)(F)F. The molecule has 0 aliphatic carbocycles. The summed E-state index contributed by atoms with van der Waals surface area (Å²) < 4.78 is 68.9. The topological polar surface area (TPSA) is 49.9 Å². The van der Waals surface area contributed by atoms with Crippen molar-refractivity contribution in [2.75, 3.05) is 20.1 Å². The van der Waals surface area contributed by atoms with E-state index in [-0.39, 0.29) is 17.5 Å². The second kappa shape index (κ2) is 13.1. The molecule has 0 unspecified atom stereocenters. The van der Waals surface area contributed by atoms with E-state index in [1.54, 1.807) is 29.2 Å². The van der Waals surface area contributed by atoms with Crippen LogP contribution in [0.25, 0.3) is 0 Å². The Morgan fingerprint density at radius 2 is 1.34 bits per heavy atom. The molecule has 0 radical (unpaired) electrons. The van der Waals surface area contributed by atoms with E-state index in [1.807, 2.05) is 4.94 Å². The van der Waals surface area contributed by atoms with E-state index in [0.29, 0.717) is 25.4 Å². The first-order valence-corrected chi connectivity index (χ1v) is 10.8. The zero-order chi connectivity index (χ0) is 26.0. The Balaban J connectivity index is 0.000000466. The van der Waals surface area contributed by atoms with Crippen LogP contribution in [0.3, 0.4) is 0 Å². The molecule has 1 aliphatic rings. The minimum Gasteiger partial charge on any atom is -0.334 e. The molecule has 192 valence electrons. The highest BCUT2D eigenvalue weighted by molar-refractivity contribution is 5.76. The van der Waals surface area contributed by atoms with Gasteiger partial charge in [0, 0.05) is 24.0 Å². The van der Waals surface area contributed by atoms with E-state index >= 15 is 0 Å². The van der Waals surface area contributed by atoms with Crippen LogP contribution >= 0.6 is 0 Å². The van der Waals surface area contributed by atoms with E-state index in [1.165, 1.54) is 24.3 Å². The molecular weight excluding hydrogens is 478 g/mol. The number of nitrogens with zero attached hydrogens (tertiary/aromatic N) is 2. The van der Waals surface area contributed by atoms with Crippen LogP contribution in [0.1, 0.15) is 30.4 Å². The summed E-state index contributed by atoms with van der Waals surface area (Å²) in [6.45, 7) is 2.88. The number of likely N-dealkylation sites (tertiary alicyclic amines) is 1. The Kier molecular flexibility index (Phi) is 10.6. The fraction of sp³-hybridized carbons (Fsp3) is 0.417. The average Bonchev–Trinajstić information content (AvgIpc) is 2.82. The van der Waals surface area contributed by atoms with Crippen molar-refractivity contribution in [2.45, 2.75) is 38.5 Å². The maximum absolute atomic E-state index is 13.2. The van der Waals surface area contributed by atoms with Gasteiger partial charge in [0.15, 0.2) is 0 Å². The summed E-state index contributed by atoms with van der Waals surface area (Å²) >= 11 is 0. The molecule has 3 rings (SSSR count). The summed E-state index contributed by atoms with van der Waals surface area (Å²) in [6.07, 6.45) is -2.64. The van der Waals surface area contributed by atoms with Crippen LogP contribution in [0.4, 0.5) is 26.5 Å². The fourth-order valence-corrected chi connectivity index (χ4v) is 3.54. The lowest BCUT2D eigenvalue weighted by Crippen LogP contribution is -2.35. The van der Waals surface area contributed by atoms with Gasteiger partial charge >= 0.3 is 12.1 Å². The Labute approximate surface area is 199 Å². The maximum atomic E-state index is 13.2. The van der Waals surface area contributed by atoms with Crippen molar-refractivity contribution in [3.63, 3.8) is 0 Å². The second-order valence-corrected chi connectivity index (χ2v) is 8.32. The van der Waals surface area contributed by atoms with E-state index in [2.05, 4.69) is 11.9 Å². The monoisotopic (exact) mass is 504 g/mol. The number of amides is 1. The minimum atomic E-state index is -5.23. The van der Waals surface area contributed by atoms with Gasteiger partial charge < -0.3 is 9.80 Å². The third-order valence-electron chi connectivity index (χ3n) is 5.53. The van der Waals surface area contributed by atoms with Crippen molar-refractivity contribution < 1.29 is 41.0 Å². The third kappa shape index (κ3) is 9.97. The van der Waals surface area contributed by atoms with Gasteiger partial charge in [-0.05, 0) is 74.3 Å². The molecule has 35 heavy (non-hydrogen) atoms. The van der Waals surface area contributed by atoms with Crippen LogP contribution in [-0.4, -0.2) is 48.0 Å². The summed E-state index contributed by atoms with van der Waals surface area (Å²) in [4.78, 5) is 28.0. The van der Waals surface area contributed by atoms with Crippen molar-refractivity contribution in [1.82, 2.24) is 9.80 Å². The highest BCUT2D eigenvalue weighted by atomic mass is 19.4. The quantitative estimate of drug-likeness (QED) is 0.508. The van der Waals surface area contributed by atoms with Gasteiger partial charge in [-0.25, -0.2) is 18.5 Å². The van der Waals surface area contributed by atoms with Gasteiger partial charge in [-0.1, -0.05) is 24.3 Å². The molecule has 1 saturated heterocycles. The molecule has 0 atom stereocenters. The summed E-state index contributed by atoms with van der Waals surface area (Å²) in [7, 11) is 2.10. The van der Waals surface area contributed by atoms with Gasteiger partial charge in [0.25, 0.3) is 0 Å². The molecule has 5 nitrogen and oxygen atoms in total. The van der Waals surface area contributed by atoms with E-state index in [4.69, 9.17) is 4.79 Å². The first-order valence-electron chi connectivity index (χ1n) is 10.8. The standard InChI is InChI=1S/C22H26F2N2O.C2F4O2/c1-25-12-10-17(11-13-25)14-22(27)26(15-18-2-6-20(23)7-3-18)16-19-4-8-21(24)9-5-19;3-2(4,5)1(7)8-6/h2-9,17H,10-16H2,1H3;. The number of alkyl halides is 3. The number of carbonyl (C=O) groups is 2. The lowest BCUT2D eigenvalue weighted by Gasteiger charge is -2.30. The van der Waals surface area contributed by atoms with Crippen LogP contribution in [0.2, 0.25) is 0 Å². The maximum Gasteiger partial charge on any atom is 0.494 e. The first-order chi connectivity index (χ1) is 16.5. The van der Waals surface area contributed by atoms with E-state index in [0.717, 1.165) is 37.1 Å². The number of hydrogen-bond donors (Lipinski definition) is 0. The Bertz CT molecular complexity index is 896. The number of halogens is 6. The molecule has 11 heteroatoms. The summed E-state index contributed by atoms with van der Waals surface area (Å²) in [6, 6.07) is 12.5. The fourth-order valence-electron chi connectivity index (χ4n) is 3.54. The number of benzene rings is 2. The molecular formula is C24H26F6N2O3. The molecule has 1 amide bonds. The summed E-state index contributed by atoms with van der Waals surface area (Å²) in [5.41, 5.74) is 1.77. The van der Waals surface area contributed by atoms with Gasteiger partial charge in [0.1, 0.15) is 11.6 Å². The average molecular weight is 504 g/mol. The molecule has 0 spiro atoms. The van der Waals surface area contributed by atoms with Crippen LogP contribution in [-0.2, 0) is 27.6 Å². The smallest absolute Gasteiger partial charge is 0.334 e. The molecule has 1 fully saturated rings. The molecule has 0 aromatic heterocycles. The van der Waals surface area contributed by atoms with Crippen LogP contribution < -0.4 is 0 Å². The molecule has 0 bridgehead atoms. The lowest BCUT2D eigenvalue weighted by atomic mass is 9.93. The highest BCUT2D eigenvalue weighted by Crippen LogP contribution is 2.22. The van der Waals surface area contributed by atoms with Crippen molar-refractivity contribution in [2.24, 2.45) is 5.92 Å². The number of carbonyl (C=O) groups excluding carboxylic acids is 2. The van der Waals surface area contributed by atoms with Crippen LogP contribution in [0.5, 0.6) is 0 Å². The highest BCUT2D eigenvalue weighted by Gasteiger charge is 2.42. The Morgan fingerprint density at radius 3 is 1.69 bits per heavy atom. The Morgan fingerprint density at radius 1 is 0.914 bits per heavy atom. The zero-order valence-corrected chi connectivity index (χ0v) is 19.0. The van der Waals surface area contributed by atoms with Crippen LogP contribution in [0.15, 0.2) is 48.5 Å². The molecule has 1 aliphatic heterocycles. The number of rotatable bonds is 6. The zero-order valence-electron chi connectivity index (χ0n) is 19.0. The Hall–Kier alpha value is -3.08. The van der Waals surface area contributed by atoms with Crippen molar-refractivity contribution in [1.29, 1.82) is 0 Å². The van der Waals surface area contributed by atoms with Gasteiger partial charge in [-0.15, -0.1) is 0 Å². The van der Waals surface area contributed by atoms with Gasteiger partial charge in [0.05, 0.1) is 0 Å². The van der Waals surface area contributed by atoms with Gasteiger partial charge in [-0.3, -0.25) is 4.79 Å². The van der Waals surface area contributed by atoms with Crippen molar-refractivity contribution >= 4 is 11.9 Å². The molecule has 0 N–H and O–H groups in total. The molecule has 0 saturated carbocycles. The van der Waals surface area contributed by atoms with Gasteiger partial charge in [0.2, 0.25) is 5.91 Å². The molecule has 2 aromatic carbocycles. The molecule has 1 heterocycles. The second-order valence-electron chi connectivity index (χ2n) is 8.32. The summed E-state index contributed by atoms with van der Waals surface area (Å²) in [5, 5.41) is 0. The minimum absolute atomic E-state index is 0.0956. The van der Waals surface area contributed by atoms with Crippen molar-refractivity contribution in [3.05, 3.63) is 71.3 Å². The lowest BCUT2D eigenvalue weighted by molar-refractivity contribution is -0.234. The molecule has 2 aromatic rings. The number of piperidine rings is 1. The van der Waals surface area contributed by atoms with Crippen LogP contribution in [0, 0.1) is 17.6 Å². The van der Waals surface area contributed by atoms with Gasteiger partial charge in [-0.2, -0.15) is 13.2 Å². The summed E-state index contributed by atoms with van der Waals surface area (Å²) in [5.74, 6) is -2.92. The number of hydrogen-bond acceptors (Lipinski definition) is 4. The largest absolute Gasteiger partial charge is 0.494 e. The van der Waals surface area contributed by atoms with E-state index < -0.39 is 12.1 Å². The third-order valence-corrected chi connectivity index (χ3v) is 5.53. The predicted molar refractivity (Wildman–Crippen MR) is 115 cm³/mol.